The molecule has 0 heterocycles. The number of aliphatic carboxylic acids is 1. The van der Waals surface area contributed by atoms with Crippen LogP contribution in [0.25, 0.3) is 0 Å². The van der Waals surface area contributed by atoms with Crippen LogP contribution in [0.1, 0.15) is 54.6 Å². The highest BCUT2D eigenvalue weighted by molar-refractivity contribution is 7.90. The summed E-state index contributed by atoms with van der Waals surface area (Å²) in [5.41, 5.74) is 0.771. The summed E-state index contributed by atoms with van der Waals surface area (Å²) < 4.78 is 23.6. The van der Waals surface area contributed by atoms with E-state index in [0.29, 0.717) is 24.0 Å². The van der Waals surface area contributed by atoms with Crippen LogP contribution in [0.2, 0.25) is 0 Å². The van der Waals surface area contributed by atoms with Crippen LogP contribution in [0.4, 0.5) is 0 Å². The highest BCUT2D eigenvalue weighted by Crippen LogP contribution is 2.24. The monoisotopic (exact) mass is 355 g/mol. The van der Waals surface area contributed by atoms with Crippen LogP contribution in [-0.4, -0.2) is 37.2 Å². The van der Waals surface area contributed by atoms with Gasteiger partial charge in [0.25, 0.3) is 5.91 Å². The van der Waals surface area contributed by atoms with Crippen molar-refractivity contribution >= 4 is 21.7 Å². The highest BCUT2D eigenvalue weighted by atomic mass is 32.2. The largest absolute Gasteiger partial charge is 0.481 e. The molecule has 0 aromatic heterocycles. The molecule has 134 valence electrons. The molecule has 7 heteroatoms. The van der Waals surface area contributed by atoms with Crippen molar-refractivity contribution in [3.8, 4) is 0 Å². The van der Waals surface area contributed by atoms with Crippen LogP contribution in [0.5, 0.6) is 0 Å². The summed E-state index contributed by atoms with van der Waals surface area (Å²) >= 11 is 0. The summed E-state index contributed by atoms with van der Waals surface area (Å²) in [7, 11) is -3.45. The summed E-state index contributed by atoms with van der Waals surface area (Å²) in [5, 5.41) is 11.9. The first-order valence-corrected chi connectivity index (χ1v) is 9.70. The average Bonchev–Trinajstić information content (AvgIpc) is 2.47. The molecule has 0 saturated carbocycles. The molecule has 0 aliphatic heterocycles. The molecule has 0 atom stereocenters. The lowest BCUT2D eigenvalue weighted by Gasteiger charge is -2.31. The predicted molar refractivity (Wildman–Crippen MR) is 92.1 cm³/mol. The molecular weight excluding hydrogens is 330 g/mol. The normalized spacial score (nSPS) is 12.0. The molecule has 0 unspecified atom stereocenters. The van der Waals surface area contributed by atoms with Crippen LogP contribution >= 0.6 is 0 Å². The number of amides is 1. The fraction of sp³-hybridized carbons (Fsp3) is 0.529. The fourth-order valence-corrected chi connectivity index (χ4v) is 3.32. The SMILES string of the molecule is CCC(CC)(CC(=O)O)NC(=O)c1cc(S(C)(=O)=O)cc(C)c1C. The number of carboxylic acid groups (broad SMARTS) is 1. The maximum atomic E-state index is 12.7. The van der Waals surface area contributed by atoms with Gasteiger partial charge in [0.15, 0.2) is 9.84 Å². The number of nitrogens with one attached hydrogen (secondary N) is 1. The number of hydrogen-bond donors (Lipinski definition) is 2. The van der Waals surface area contributed by atoms with Crippen LogP contribution in [0.15, 0.2) is 17.0 Å². The summed E-state index contributed by atoms with van der Waals surface area (Å²) in [4.78, 5) is 23.9. The van der Waals surface area contributed by atoms with Crippen molar-refractivity contribution in [3.63, 3.8) is 0 Å². The quantitative estimate of drug-likeness (QED) is 0.782. The number of rotatable bonds is 7. The van der Waals surface area contributed by atoms with Gasteiger partial charge in [0.1, 0.15) is 0 Å². The van der Waals surface area contributed by atoms with Gasteiger partial charge < -0.3 is 10.4 Å². The van der Waals surface area contributed by atoms with Crippen LogP contribution < -0.4 is 5.32 Å². The molecule has 24 heavy (non-hydrogen) atoms. The Kier molecular flexibility index (Phi) is 6.16. The Bertz CT molecular complexity index is 748. The molecular formula is C17H25NO5S. The topological polar surface area (TPSA) is 101 Å². The number of carboxylic acids is 1. The standard InChI is InChI=1S/C17H25NO5S/c1-6-17(7-2,10-15(19)20)18-16(21)14-9-13(24(5,22)23)8-11(3)12(14)4/h8-9H,6-7,10H2,1-5H3,(H,18,21)(H,19,20). The first-order valence-electron chi connectivity index (χ1n) is 7.81. The summed E-state index contributed by atoms with van der Waals surface area (Å²) in [6.07, 6.45) is 1.83. The molecule has 1 aromatic carbocycles. The van der Waals surface area contributed by atoms with Crippen molar-refractivity contribution in [2.75, 3.05) is 6.26 Å². The van der Waals surface area contributed by atoms with E-state index in [1.165, 1.54) is 12.1 Å². The molecule has 2 N–H and O–H groups in total. The molecule has 0 spiro atoms. The summed E-state index contributed by atoms with van der Waals surface area (Å²) in [6.45, 7) is 7.12. The van der Waals surface area contributed by atoms with Crippen molar-refractivity contribution < 1.29 is 23.1 Å². The van der Waals surface area contributed by atoms with Crippen molar-refractivity contribution in [3.05, 3.63) is 28.8 Å². The molecule has 1 aromatic rings. The molecule has 0 fully saturated rings. The number of sulfone groups is 1. The van der Waals surface area contributed by atoms with E-state index < -0.39 is 27.3 Å². The fourth-order valence-electron chi connectivity index (χ4n) is 2.59. The van der Waals surface area contributed by atoms with Gasteiger partial charge in [-0.25, -0.2) is 8.42 Å². The van der Waals surface area contributed by atoms with E-state index in [4.69, 9.17) is 5.11 Å². The lowest BCUT2D eigenvalue weighted by molar-refractivity contribution is -0.138. The van der Waals surface area contributed by atoms with Crippen LogP contribution in [-0.2, 0) is 14.6 Å². The Hall–Kier alpha value is -1.89. The number of hydrogen-bond acceptors (Lipinski definition) is 4. The Morgan fingerprint density at radius 3 is 2.12 bits per heavy atom. The van der Waals surface area contributed by atoms with Gasteiger partial charge in [-0.1, -0.05) is 13.8 Å². The maximum absolute atomic E-state index is 12.7. The summed E-state index contributed by atoms with van der Waals surface area (Å²) in [6, 6.07) is 2.88. The molecule has 0 saturated heterocycles. The van der Waals surface area contributed by atoms with Gasteiger partial charge in [-0.05, 0) is 49.9 Å². The first-order chi connectivity index (χ1) is 11.0. The summed E-state index contributed by atoms with van der Waals surface area (Å²) in [5.74, 6) is -1.44. The van der Waals surface area contributed by atoms with E-state index in [9.17, 15) is 18.0 Å². The maximum Gasteiger partial charge on any atom is 0.305 e. The number of aryl methyl sites for hydroxylation is 1. The number of carbonyl (C=O) groups excluding carboxylic acids is 1. The van der Waals surface area contributed by atoms with Gasteiger partial charge >= 0.3 is 5.97 Å². The number of benzene rings is 1. The number of carbonyl (C=O) groups is 2. The van der Waals surface area contributed by atoms with E-state index in [0.717, 1.165) is 6.26 Å². The average molecular weight is 355 g/mol. The lowest BCUT2D eigenvalue weighted by atomic mass is 9.88. The van der Waals surface area contributed by atoms with Gasteiger partial charge in [-0.3, -0.25) is 9.59 Å². The minimum atomic E-state index is -3.45. The second-order valence-electron chi connectivity index (χ2n) is 6.20. The Morgan fingerprint density at radius 2 is 1.71 bits per heavy atom. The smallest absolute Gasteiger partial charge is 0.305 e. The van der Waals surface area contributed by atoms with E-state index in [1.54, 1.807) is 13.8 Å². The lowest BCUT2D eigenvalue weighted by Crippen LogP contribution is -2.49. The Labute approximate surface area is 143 Å². The van der Waals surface area contributed by atoms with Crippen molar-refractivity contribution in [1.29, 1.82) is 0 Å². The zero-order valence-corrected chi connectivity index (χ0v) is 15.6. The second kappa shape index (κ2) is 7.34. The van der Waals surface area contributed by atoms with Gasteiger partial charge in [-0.2, -0.15) is 0 Å². The highest BCUT2D eigenvalue weighted by Gasteiger charge is 2.32. The predicted octanol–water partition coefficient (Wildman–Crippen LogP) is 2.47. The van der Waals surface area contributed by atoms with E-state index in [-0.39, 0.29) is 16.9 Å². The molecule has 6 nitrogen and oxygen atoms in total. The molecule has 0 aliphatic rings. The first kappa shape index (κ1) is 20.2. The van der Waals surface area contributed by atoms with E-state index in [2.05, 4.69) is 5.32 Å². The van der Waals surface area contributed by atoms with Crippen molar-refractivity contribution in [2.24, 2.45) is 0 Å². The zero-order chi connectivity index (χ0) is 18.7. The van der Waals surface area contributed by atoms with Gasteiger partial charge in [0.05, 0.1) is 16.9 Å². The Balaban J connectivity index is 3.32. The van der Waals surface area contributed by atoms with Crippen molar-refractivity contribution in [1.82, 2.24) is 5.32 Å². The Morgan fingerprint density at radius 1 is 1.17 bits per heavy atom. The second-order valence-corrected chi connectivity index (χ2v) is 8.21. The zero-order valence-electron chi connectivity index (χ0n) is 14.8. The third-order valence-corrected chi connectivity index (χ3v) is 5.63. The van der Waals surface area contributed by atoms with Gasteiger partial charge in [0.2, 0.25) is 0 Å². The third kappa shape index (κ3) is 4.56. The van der Waals surface area contributed by atoms with Crippen LogP contribution in [0, 0.1) is 13.8 Å². The van der Waals surface area contributed by atoms with Gasteiger partial charge in [-0.15, -0.1) is 0 Å². The molecule has 0 bridgehead atoms. The van der Waals surface area contributed by atoms with Crippen molar-refractivity contribution in [2.45, 2.75) is 57.4 Å². The molecule has 1 rings (SSSR count). The molecule has 0 aliphatic carbocycles. The third-order valence-electron chi connectivity index (χ3n) is 4.54. The minimum Gasteiger partial charge on any atom is -0.481 e. The molecule has 1 amide bonds. The molecule has 0 radical (unpaired) electrons. The van der Waals surface area contributed by atoms with Gasteiger partial charge in [0, 0.05) is 11.8 Å². The minimum absolute atomic E-state index is 0.0765. The van der Waals surface area contributed by atoms with E-state index in [1.807, 2.05) is 13.8 Å². The van der Waals surface area contributed by atoms with E-state index >= 15 is 0 Å². The van der Waals surface area contributed by atoms with Crippen LogP contribution in [0.3, 0.4) is 0 Å².